The maximum absolute atomic E-state index is 13.2. The number of carbonyl (C=O) groups is 1. The van der Waals surface area contributed by atoms with Crippen molar-refractivity contribution < 1.29 is 22.3 Å². The van der Waals surface area contributed by atoms with Crippen molar-refractivity contribution in [3.05, 3.63) is 58.9 Å². The summed E-state index contributed by atoms with van der Waals surface area (Å²) in [5.41, 5.74) is 0.542. The minimum absolute atomic E-state index is 0.0172. The fourth-order valence-corrected chi connectivity index (χ4v) is 3.73. The van der Waals surface area contributed by atoms with Gasteiger partial charge in [0.05, 0.1) is 28.8 Å². The molecule has 138 valence electrons. The van der Waals surface area contributed by atoms with Crippen LogP contribution in [0.3, 0.4) is 0 Å². The predicted octanol–water partition coefficient (Wildman–Crippen LogP) is 2.75. The van der Waals surface area contributed by atoms with Gasteiger partial charge in [-0.1, -0.05) is 11.6 Å². The lowest BCUT2D eigenvalue weighted by atomic mass is 10.2. The van der Waals surface area contributed by atoms with Crippen molar-refractivity contribution >= 4 is 33.2 Å². The number of sulfonamides is 1. The van der Waals surface area contributed by atoms with Crippen molar-refractivity contribution in [2.45, 2.75) is 4.90 Å². The Bertz CT molecular complexity index is 913. The largest absolute Gasteiger partial charge is 0.378 e. The highest BCUT2D eigenvalue weighted by molar-refractivity contribution is 7.92. The predicted molar refractivity (Wildman–Crippen MR) is 95.4 cm³/mol. The van der Waals surface area contributed by atoms with E-state index in [2.05, 4.69) is 4.72 Å². The number of nitrogens with zero attached hydrogens (tertiary/aromatic N) is 1. The van der Waals surface area contributed by atoms with Crippen molar-refractivity contribution in [3.8, 4) is 0 Å². The first kappa shape index (κ1) is 18.6. The minimum Gasteiger partial charge on any atom is -0.378 e. The van der Waals surface area contributed by atoms with Gasteiger partial charge in [0.2, 0.25) is 0 Å². The van der Waals surface area contributed by atoms with Gasteiger partial charge in [-0.25, -0.2) is 12.8 Å². The molecule has 9 heteroatoms. The molecule has 1 heterocycles. The lowest BCUT2D eigenvalue weighted by molar-refractivity contribution is 0.0303. The number of morpholine rings is 1. The Labute approximate surface area is 155 Å². The second kappa shape index (κ2) is 7.61. The Hall–Kier alpha value is -2.16. The highest BCUT2D eigenvalue weighted by Gasteiger charge is 2.20. The van der Waals surface area contributed by atoms with Crippen LogP contribution in [0.5, 0.6) is 0 Å². The molecular weight excluding hydrogens is 383 g/mol. The summed E-state index contributed by atoms with van der Waals surface area (Å²) in [4.78, 5) is 14.0. The van der Waals surface area contributed by atoms with Crippen LogP contribution in [0.15, 0.2) is 47.4 Å². The molecule has 0 bridgehead atoms. The SMILES string of the molecule is O=C(c1ccc(S(=O)(=O)Nc2ccc(F)c(Cl)c2)cc1)N1CCOCC1. The first-order valence-electron chi connectivity index (χ1n) is 7.82. The Morgan fingerprint density at radius 1 is 1.12 bits per heavy atom. The zero-order chi connectivity index (χ0) is 18.7. The second-order valence-electron chi connectivity index (χ2n) is 5.66. The van der Waals surface area contributed by atoms with E-state index in [1.54, 1.807) is 4.90 Å². The molecule has 0 aromatic heterocycles. The third kappa shape index (κ3) is 4.14. The summed E-state index contributed by atoms with van der Waals surface area (Å²) < 4.78 is 45.5. The lowest BCUT2D eigenvalue weighted by Crippen LogP contribution is -2.40. The summed E-state index contributed by atoms with van der Waals surface area (Å²) in [5, 5.41) is -0.184. The third-order valence-electron chi connectivity index (χ3n) is 3.88. The summed E-state index contributed by atoms with van der Waals surface area (Å²) in [6, 6.07) is 9.15. The zero-order valence-electron chi connectivity index (χ0n) is 13.6. The molecule has 1 fully saturated rings. The van der Waals surface area contributed by atoms with E-state index in [-0.39, 0.29) is 21.5 Å². The van der Waals surface area contributed by atoms with Crippen molar-refractivity contribution in [3.63, 3.8) is 0 Å². The van der Waals surface area contributed by atoms with Crippen molar-refractivity contribution in [1.82, 2.24) is 4.90 Å². The molecule has 6 nitrogen and oxygen atoms in total. The molecule has 1 aliphatic rings. The van der Waals surface area contributed by atoms with E-state index < -0.39 is 15.8 Å². The van der Waals surface area contributed by atoms with E-state index in [0.717, 1.165) is 6.07 Å². The van der Waals surface area contributed by atoms with Crippen molar-refractivity contribution in [1.29, 1.82) is 0 Å². The molecule has 0 radical (unpaired) electrons. The van der Waals surface area contributed by atoms with Gasteiger partial charge >= 0.3 is 0 Å². The van der Waals surface area contributed by atoms with Gasteiger partial charge in [0, 0.05) is 18.7 Å². The second-order valence-corrected chi connectivity index (χ2v) is 7.75. The minimum atomic E-state index is -3.89. The van der Waals surface area contributed by atoms with Crippen LogP contribution in [0.1, 0.15) is 10.4 Å². The van der Waals surface area contributed by atoms with E-state index in [9.17, 15) is 17.6 Å². The standard InChI is InChI=1S/C17H16ClFN2O4S/c18-15-11-13(3-6-16(15)19)20-26(23,24)14-4-1-12(2-5-14)17(22)21-7-9-25-10-8-21/h1-6,11,20H,7-10H2. The zero-order valence-corrected chi connectivity index (χ0v) is 15.2. The lowest BCUT2D eigenvalue weighted by Gasteiger charge is -2.26. The number of amides is 1. The summed E-state index contributed by atoms with van der Waals surface area (Å²) in [5.74, 6) is -0.809. The number of anilines is 1. The number of rotatable bonds is 4. The topological polar surface area (TPSA) is 75.7 Å². The molecule has 2 aromatic carbocycles. The number of ether oxygens (including phenoxy) is 1. The molecule has 1 aliphatic heterocycles. The molecule has 1 amide bonds. The Kier molecular flexibility index (Phi) is 5.45. The number of hydrogen-bond acceptors (Lipinski definition) is 4. The van der Waals surface area contributed by atoms with Gasteiger partial charge in [0.1, 0.15) is 5.82 Å². The molecule has 3 rings (SSSR count). The van der Waals surface area contributed by atoms with Crippen LogP contribution in [0.2, 0.25) is 5.02 Å². The number of carbonyl (C=O) groups excluding carboxylic acids is 1. The first-order chi connectivity index (χ1) is 12.4. The molecule has 0 unspecified atom stereocenters. The first-order valence-corrected chi connectivity index (χ1v) is 9.68. The number of halogens is 2. The summed E-state index contributed by atoms with van der Waals surface area (Å²) >= 11 is 5.66. The van der Waals surface area contributed by atoms with E-state index in [1.807, 2.05) is 0 Å². The van der Waals surface area contributed by atoms with Gasteiger partial charge < -0.3 is 9.64 Å². The Morgan fingerprint density at radius 3 is 2.38 bits per heavy atom. The van der Waals surface area contributed by atoms with Gasteiger partial charge in [-0.05, 0) is 42.5 Å². The van der Waals surface area contributed by atoms with Gasteiger partial charge in [0.25, 0.3) is 15.9 Å². The number of nitrogens with one attached hydrogen (secondary N) is 1. The molecule has 1 saturated heterocycles. The van der Waals surface area contributed by atoms with Gasteiger partial charge in [0.15, 0.2) is 0 Å². The average Bonchev–Trinajstić information content (AvgIpc) is 2.65. The van der Waals surface area contributed by atoms with E-state index in [1.165, 1.54) is 36.4 Å². The van der Waals surface area contributed by atoms with Gasteiger partial charge in [-0.2, -0.15) is 0 Å². The van der Waals surface area contributed by atoms with Crippen LogP contribution in [0, 0.1) is 5.82 Å². The molecule has 1 N–H and O–H groups in total. The fraction of sp³-hybridized carbons (Fsp3) is 0.235. The van der Waals surface area contributed by atoms with Crippen molar-refractivity contribution in [2.75, 3.05) is 31.0 Å². The van der Waals surface area contributed by atoms with Crippen molar-refractivity contribution in [2.24, 2.45) is 0 Å². The molecule has 0 aliphatic carbocycles. The van der Waals surface area contributed by atoms with E-state index in [4.69, 9.17) is 16.3 Å². The van der Waals surface area contributed by atoms with Gasteiger partial charge in [-0.3, -0.25) is 9.52 Å². The summed E-state index contributed by atoms with van der Waals surface area (Å²) in [6.45, 7) is 1.99. The molecule has 2 aromatic rings. The van der Waals surface area contributed by atoms with E-state index in [0.29, 0.717) is 31.9 Å². The normalized spacial score (nSPS) is 14.9. The number of benzene rings is 2. The monoisotopic (exact) mass is 398 g/mol. The Balaban J connectivity index is 1.76. The van der Waals surface area contributed by atoms with Crippen LogP contribution >= 0.6 is 11.6 Å². The van der Waals surface area contributed by atoms with Crippen LogP contribution in [-0.2, 0) is 14.8 Å². The Morgan fingerprint density at radius 2 is 1.77 bits per heavy atom. The maximum Gasteiger partial charge on any atom is 0.261 e. The third-order valence-corrected chi connectivity index (χ3v) is 5.57. The molecule has 0 atom stereocenters. The summed E-state index contributed by atoms with van der Waals surface area (Å²) in [6.07, 6.45) is 0. The summed E-state index contributed by atoms with van der Waals surface area (Å²) in [7, 11) is -3.89. The average molecular weight is 399 g/mol. The van der Waals surface area contributed by atoms with E-state index >= 15 is 0 Å². The van der Waals surface area contributed by atoms with Gasteiger partial charge in [-0.15, -0.1) is 0 Å². The fourth-order valence-electron chi connectivity index (χ4n) is 2.50. The highest BCUT2D eigenvalue weighted by atomic mass is 35.5. The maximum atomic E-state index is 13.2. The molecule has 0 spiro atoms. The van der Waals surface area contributed by atoms with Crippen LogP contribution in [0.4, 0.5) is 10.1 Å². The smallest absolute Gasteiger partial charge is 0.261 e. The quantitative estimate of drug-likeness (QED) is 0.859. The van der Waals surface area contributed by atoms with Crippen LogP contribution in [-0.4, -0.2) is 45.5 Å². The highest BCUT2D eigenvalue weighted by Crippen LogP contribution is 2.22. The van der Waals surface area contributed by atoms with Crippen LogP contribution < -0.4 is 4.72 Å². The molecule has 26 heavy (non-hydrogen) atoms. The molecular formula is C17H16ClFN2O4S. The number of hydrogen-bond donors (Lipinski definition) is 1. The molecule has 0 saturated carbocycles. The van der Waals surface area contributed by atoms with Crippen LogP contribution in [0.25, 0.3) is 0 Å².